The molecule has 148 valence electrons. The van der Waals surface area contributed by atoms with Gasteiger partial charge in [-0.25, -0.2) is 13.4 Å². The molecule has 9 heteroatoms. The van der Waals surface area contributed by atoms with Crippen molar-refractivity contribution in [2.24, 2.45) is 5.10 Å². The predicted octanol–water partition coefficient (Wildman–Crippen LogP) is 0.387. The van der Waals surface area contributed by atoms with Crippen LogP contribution in [0.3, 0.4) is 0 Å². The van der Waals surface area contributed by atoms with Gasteiger partial charge in [0.1, 0.15) is 5.71 Å². The van der Waals surface area contributed by atoms with Crippen molar-refractivity contribution in [3.63, 3.8) is 0 Å². The maximum absolute atomic E-state index is 12.4. The van der Waals surface area contributed by atoms with Crippen LogP contribution in [0, 0.1) is 0 Å². The Morgan fingerprint density at radius 2 is 1.92 bits per heavy atom. The molecule has 2 aliphatic heterocycles. The normalized spacial score (nSPS) is 23.0. The second-order valence-electron chi connectivity index (χ2n) is 7.52. The van der Waals surface area contributed by atoms with E-state index in [9.17, 15) is 18.0 Å². The average molecular weight is 387 g/mol. The van der Waals surface area contributed by atoms with Gasteiger partial charge in [-0.05, 0) is 34.1 Å². The van der Waals surface area contributed by atoms with Gasteiger partial charge >= 0.3 is 0 Å². The number of carbonyl (C=O) groups excluding carboxylic acids is 2. The summed E-state index contributed by atoms with van der Waals surface area (Å²) >= 11 is 0. The maximum atomic E-state index is 12.4. The van der Waals surface area contributed by atoms with E-state index in [2.05, 4.69) is 43.0 Å². The summed E-state index contributed by atoms with van der Waals surface area (Å²) in [5.41, 5.74) is 0.301. The zero-order chi connectivity index (χ0) is 19.5. The summed E-state index contributed by atoms with van der Waals surface area (Å²) in [7, 11) is -3.12. The van der Waals surface area contributed by atoms with Crippen LogP contribution in [0.5, 0.6) is 0 Å². The molecular weight excluding hydrogens is 356 g/mol. The summed E-state index contributed by atoms with van der Waals surface area (Å²) in [6.07, 6.45) is 0.857. The lowest BCUT2D eigenvalue weighted by atomic mass is 10.1. The number of hydrogen-bond acceptors (Lipinski definition) is 6. The molecule has 2 rings (SSSR count). The van der Waals surface area contributed by atoms with E-state index < -0.39 is 15.9 Å². The standard InChI is InChI=1S/C17H30N4O4S/c1-12(2)20(13(3)4)9-8-18-17(23)15-5-6-16(22)21(19-15)14-7-10-26(24,25)11-14/h12-14H,5-11H2,1-4H3,(H,18,23). The monoisotopic (exact) mass is 386 g/mol. The highest BCUT2D eigenvalue weighted by Crippen LogP contribution is 2.22. The Bertz CT molecular complexity index is 664. The van der Waals surface area contributed by atoms with Crippen LogP contribution in [0.1, 0.15) is 47.0 Å². The quantitative estimate of drug-likeness (QED) is 0.682. The third kappa shape index (κ3) is 5.26. The fourth-order valence-electron chi connectivity index (χ4n) is 3.50. The van der Waals surface area contributed by atoms with Crippen LogP contribution in [-0.2, 0) is 19.4 Å². The molecular formula is C17H30N4O4S. The van der Waals surface area contributed by atoms with E-state index in [-0.39, 0.29) is 29.7 Å². The first-order valence-corrected chi connectivity index (χ1v) is 11.1. The van der Waals surface area contributed by atoms with Crippen molar-refractivity contribution >= 4 is 27.4 Å². The second kappa shape index (κ2) is 8.47. The number of hydrogen-bond donors (Lipinski definition) is 1. The maximum Gasteiger partial charge on any atom is 0.267 e. The number of carbonyl (C=O) groups is 2. The van der Waals surface area contributed by atoms with Gasteiger partial charge in [-0.1, -0.05) is 0 Å². The molecule has 0 radical (unpaired) electrons. The summed E-state index contributed by atoms with van der Waals surface area (Å²) in [5, 5.41) is 8.28. The Balaban J connectivity index is 1.95. The lowest BCUT2D eigenvalue weighted by molar-refractivity contribution is -0.133. The van der Waals surface area contributed by atoms with Crippen molar-refractivity contribution in [1.82, 2.24) is 15.2 Å². The van der Waals surface area contributed by atoms with Gasteiger partial charge in [0.15, 0.2) is 9.84 Å². The molecule has 0 saturated carbocycles. The number of nitrogens with zero attached hydrogens (tertiary/aromatic N) is 3. The van der Waals surface area contributed by atoms with Gasteiger partial charge in [0.2, 0.25) is 5.91 Å². The molecule has 1 unspecified atom stereocenters. The smallest absolute Gasteiger partial charge is 0.267 e. The molecule has 1 atom stereocenters. The molecule has 0 spiro atoms. The third-order valence-electron chi connectivity index (χ3n) is 4.86. The number of sulfone groups is 1. The zero-order valence-electron chi connectivity index (χ0n) is 16.1. The van der Waals surface area contributed by atoms with Gasteiger partial charge in [-0.15, -0.1) is 0 Å². The first-order valence-electron chi connectivity index (χ1n) is 9.24. The van der Waals surface area contributed by atoms with Gasteiger partial charge in [0, 0.05) is 38.0 Å². The summed E-state index contributed by atoms with van der Waals surface area (Å²) in [5.74, 6) is -0.501. The minimum Gasteiger partial charge on any atom is -0.350 e. The van der Waals surface area contributed by atoms with Crippen LogP contribution < -0.4 is 5.32 Å². The summed E-state index contributed by atoms with van der Waals surface area (Å²) in [6, 6.07) is 0.320. The van der Waals surface area contributed by atoms with Crippen molar-refractivity contribution in [2.75, 3.05) is 24.6 Å². The van der Waals surface area contributed by atoms with Gasteiger partial charge < -0.3 is 5.32 Å². The molecule has 1 fully saturated rings. The van der Waals surface area contributed by atoms with E-state index >= 15 is 0 Å². The van der Waals surface area contributed by atoms with E-state index in [1.165, 1.54) is 5.01 Å². The molecule has 0 aliphatic carbocycles. The van der Waals surface area contributed by atoms with Crippen LogP contribution in [-0.4, -0.2) is 78.6 Å². The Kier molecular flexibility index (Phi) is 6.79. The van der Waals surface area contributed by atoms with Crippen LogP contribution in [0.25, 0.3) is 0 Å². The van der Waals surface area contributed by atoms with Crippen molar-refractivity contribution in [3.8, 4) is 0 Å². The van der Waals surface area contributed by atoms with Gasteiger partial charge in [0.05, 0.1) is 17.5 Å². The van der Waals surface area contributed by atoms with Crippen LogP contribution in [0.15, 0.2) is 5.10 Å². The van der Waals surface area contributed by atoms with E-state index in [0.29, 0.717) is 37.2 Å². The van der Waals surface area contributed by atoms with Crippen molar-refractivity contribution in [3.05, 3.63) is 0 Å². The van der Waals surface area contributed by atoms with E-state index in [1.807, 2.05) is 0 Å². The highest BCUT2D eigenvalue weighted by Gasteiger charge is 2.37. The largest absolute Gasteiger partial charge is 0.350 e. The van der Waals surface area contributed by atoms with Crippen LogP contribution >= 0.6 is 0 Å². The first kappa shape index (κ1) is 20.8. The third-order valence-corrected chi connectivity index (χ3v) is 6.61. The van der Waals surface area contributed by atoms with Gasteiger partial charge in [0.25, 0.3) is 5.91 Å². The average Bonchev–Trinajstić information content (AvgIpc) is 2.90. The van der Waals surface area contributed by atoms with Crippen LogP contribution in [0.2, 0.25) is 0 Å². The van der Waals surface area contributed by atoms with Gasteiger partial charge in [-0.2, -0.15) is 5.10 Å². The fraction of sp³-hybridized carbons (Fsp3) is 0.824. The molecule has 0 aromatic rings. The molecule has 1 N–H and O–H groups in total. The van der Waals surface area contributed by atoms with E-state index in [4.69, 9.17) is 0 Å². The van der Waals surface area contributed by atoms with Crippen molar-refractivity contribution in [2.45, 2.75) is 65.1 Å². The minimum atomic E-state index is -3.12. The molecule has 0 aromatic carbocycles. The Morgan fingerprint density at radius 1 is 1.27 bits per heavy atom. The minimum absolute atomic E-state index is 0.0682. The molecule has 1 saturated heterocycles. The molecule has 2 aliphatic rings. The highest BCUT2D eigenvalue weighted by atomic mass is 32.2. The molecule has 0 aromatic heterocycles. The van der Waals surface area contributed by atoms with Gasteiger partial charge in [-0.3, -0.25) is 14.5 Å². The lowest BCUT2D eigenvalue weighted by Gasteiger charge is -2.30. The predicted molar refractivity (Wildman–Crippen MR) is 101 cm³/mol. The van der Waals surface area contributed by atoms with E-state index in [0.717, 1.165) is 6.54 Å². The SMILES string of the molecule is CC(C)N(CCNC(=O)C1=NN(C2CCS(=O)(=O)C2)C(=O)CC1)C(C)C. The first-order chi connectivity index (χ1) is 12.1. The molecule has 26 heavy (non-hydrogen) atoms. The number of rotatable bonds is 7. The van der Waals surface area contributed by atoms with Crippen molar-refractivity contribution in [1.29, 1.82) is 0 Å². The highest BCUT2D eigenvalue weighted by molar-refractivity contribution is 7.91. The molecule has 0 bridgehead atoms. The molecule has 8 nitrogen and oxygen atoms in total. The number of nitrogens with one attached hydrogen (secondary N) is 1. The molecule has 2 heterocycles. The summed E-state index contributed by atoms with van der Waals surface area (Å²) < 4.78 is 23.3. The Morgan fingerprint density at radius 3 is 2.46 bits per heavy atom. The fourth-order valence-corrected chi connectivity index (χ4v) is 5.19. The number of amides is 2. The van der Waals surface area contributed by atoms with E-state index in [1.54, 1.807) is 0 Å². The topological polar surface area (TPSA) is 99.2 Å². The lowest BCUT2D eigenvalue weighted by Crippen LogP contribution is -2.46. The van der Waals surface area contributed by atoms with Crippen LogP contribution in [0.4, 0.5) is 0 Å². The summed E-state index contributed by atoms with van der Waals surface area (Å²) in [4.78, 5) is 26.8. The van der Waals surface area contributed by atoms with Crippen molar-refractivity contribution < 1.29 is 18.0 Å². The molecule has 2 amide bonds. The second-order valence-corrected chi connectivity index (χ2v) is 9.75. The Labute approximate surface area is 155 Å². The Hall–Kier alpha value is -1.48. The zero-order valence-corrected chi connectivity index (χ0v) is 16.9. The number of hydrazone groups is 1. The summed E-state index contributed by atoms with van der Waals surface area (Å²) in [6.45, 7) is 9.70.